The smallest absolute Gasteiger partial charge is 0.243 e. The Balaban J connectivity index is 1.73. The van der Waals surface area contributed by atoms with Gasteiger partial charge < -0.3 is 16.0 Å². The van der Waals surface area contributed by atoms with Crippen LogP contribution in [0.15, 0.2) is 30.9 Å². The molecule has 7 nitrogen and oxygen atoms in total. The summed E-state index contributed by atoms with van der Waals surface area (Å²) in [6.45, 7) is 5.18. The number of aromatic nitrogens is 1. The van der Waals surface area contributed by atoms with Gasteiger partial charge in [0.1, 0.15) is 6.04 Å². The molecule has 1 aliphatic rings. The summed E-state index contributed by atoms with van der Waals surface area (Å²) in [5, 5.41) is 9.95. The maximum absolute atomic E-state index is 13.1. The molecule has 1 fully saturated rings. The zero-order valence-electron chi connectivity index (χ0n) is 17.4. The molecule has 0 spiro atoms. The lowest BCUT2D eigenvalue weighted by Crippen LogP contribution is -2.54. The summed E-state index contributed by atoms with van der Waals surface area (Å²) in [6.07, 6.45) is 5.70. The molecular weight excluding hydrogens is 436 g/mol. The standard InChI is InChI=1S/C22H27ClN4O3S/c1-3-20(29)24-12-18(14-6-4-5-7-14)27-22(30)17(25-13(2)28)11-21-26-16-9-8-15(23)10-19(16)31-21/h3,8-10,14,17-18H,1,4-7,11-12H2,2H3,(H,24,29)(H,25,28)(H,27,30)/t17-,18+/m0/s1. The number of halogens is 1. The van der Waals surface area contributed by atoms with Crippen molar-refractivity contribution in [2.45, 2.75) is 51.1 Å². The number of hydrogen-bond acceptors (Lipinski definition) is 5. The third-order valence-electron chi connectivity index (χ3n) is 5.45. The number of rotatable bonds is 9. The highest BCUT2D eigenvalue weighted by atomic mass is 35.5. The quantitative estimate of drug-likeness (QED) is 0.499. The van der Waals surface area contributed by atoms with Crippen molar-refractivity contribution >= 4 is 50.9 Å². The molecule has 0 bridgehead atoms. The van der Waals surface area contributed by atoms with E-state index in [9.17, 15) is 14.4 Å². The van der Waals surface area contributed by atoms with E-state index in [1.165, 1.54) is 24.3 Å². The maximum atomic E-state index is 13.1. The van der Waals surface area contributed by atoms with Gasteiger partial charge in [-0.05, 0) is 43.0 Å². The molecule has 1 aromatic carbocycles. The van der Waals surface area contributed by atoms with Gasteiger partial charge in [-0.1, -0.05) is 31.0 Å². The average Bonchev–Trinajstić information content (AvgIpc) is 3.39. The van der Waals surface area contributed by atoms with Crippen LogP contribution >= 0.6 is 22.9 Å². The number of benzene rings is 1. The van der Waals surface area contributed by atoms with E-state index in [0.717, 1.165) is 40.9 Å². The third-order valence-corrected chi connectivity index (χ3v) is 6.72. The van der Waals surface area contributed by atoms with Gasteiger partial charge in [-0.2, -0.15) is 0 Å². The number of carbonyl (C=O) groups is 3. The molecule has 31 heavy (non-hydrogen) atoms. The van der Waals surface area contributed by atoms with E-state index < -0.39 is 6.04 Å². The Morgan fingerprint density at radius 2 is 2.03 bits per heavy atom. The molecule has 3 N–H and O–H groups in total. The first-order chi connectivity index (χ1) is 14.9. The van der Waals surface area contributed by atoms with Crippen molar-refractivity contribution in [3.05, 3.63) is 40.9 Å². The number of fused-ring (bicyclic) bond motifs is 1. The fourth-order valence-corrected chi connectivity index (χ4v) is 5.21. The predicted molar refractivity (Wildman–Crippen MR) is 123 cm³/mol. The lowest BCUT2D eigenvalue weighted by molar-refractivity contribution is -0.128. The summed E-state index contributed by atoms with van der Waals surface area (Å²) in [6, 6.07) is 4.49. The van der Waals surface area contributed by atoms with Crippen molar-refractivity contribution < 1.29 is 14.4 Å². The maximum Gasteiger partial charge on any atom is 0.243 e. The van der Waals surface area contributed by atoms with Crippen LogP contribution in [-0.4, -0.2) is 41.3 Å². The minimum atomic E-state index is -0.757. The molecule has 9 heteroatoms. The Kier molecular flexibility index (Phi) is 8.03. The summed E-state index contributed by atoms with van der Waals surface area (Å²) in [7, 11) is 0. The lowest BCUT2D eigenvalue weighted by atomic mass is 9.97. The Hall–Kier alpha value is -2.45. The largest absolute Gasteiger partial charge is 0.351 e. The van der Waals surface area contributed by atoms with E-state index >= 15 is 0 Å². The monoisotopic (exact) mass is 462 g/mol. The average molecular weight is 463 g/mol. The van der Waals surface area contributed by atoms with E-state index in [1.54, 1.807) is 6.07 Å². The van der Waals surface area contributed by atoms with E-state index in [0.29, 0.717) is 11.6 Å². The van der Waals surface area contributed by atoms with Crippen molar-refractivity contribution in [2.75, 3.05) is 6.54 Å². The topological polar surface area (TPSA) is 100 Å². The van der Waals surface area contributed by atoms with Crippen LogP contribution in [0.1, 0.15) is 37.6 Å². The molecule has 0 aliphatic heterocycles. The van der Waals surface area contributed by atoms with Crippen molar-refractivity contribution in [1.82, 2.24) is 20.9 Å². The van der Waals surface area contributed by atoms with Gasteiger partial charge in [0.05, 0.1) is 15.2 Å². The fraction of sp³-hybridized carbons (Fsp3) is 0.455. The second kappa shape index (κ2) is 10.7. The number of nitrogens with zero attached hydrogens (tertiary/aromatic N) is 1. The minimum Gasteiger partial charge on any atom is -0.351 e. The number of amides is 3. The zero-order chi connectivity index (χ0) is 22.4. The molecule has 3 rings (SSSR count). The molecule has 0 saturated heterocycles. The number of carbonyl (C=O) groups excluding carboxylic acids is 3. The zero-order valence-corrected chi connectivity index (χ0v) is 19.0. The van der Waals surface area contributed by atoms with Crippen molar-refractivity contribution in [2.24, 2.45) is 5.92 Å². The van der Waals surface area contributed by atoms with Crippen LogP contribution in [0, 0.1) is 5.92 Å². The lowest BCUT2D eigenvalue weighted by Gasteiger charge is -2.27. The number of nitrogens with one attached hydrogen (secondary N) is 3. The normalized spacial score (nSPS) is 15.9. The van der Waals surface area contributed by atoms with Gasteiger partial charge in [-0.25, -0.2) is 4.98 Å². The van der Waals surface area contributed by atoms with E-state index in [-0.39, 0.29) is 36.1 Å². The van der Waals surface area contributed by atoms with Gasteiger partial charge in [0.15, 0.2) is 0 Å². The first-order valence-corrected chi connectivity index (χ1v) is 11.6. The fourth-order valence-electron chi connectivity index (χ4n) is 3.92. The van der Waals surface area contributed by atoms with Gasteiger partial charge in [0.25, 0.3) is 0 Å². The second-order valence-corrected chi connectivity index (χ2v) is 9.34. The molecular formula is C22H27ClN4O3S. The van der Waals surface area contributed by atoms with Gasteiger partial charge in [-0.3, -0.25) is 14.4 Å². The molecule has 1 saturated carbocycles. The molecule has 0 radical (unpaired) electrons. The van der Waals surface area contributed by atoms with Crippen LogP contribution < -0.4 is 16.0 Å². The van der Waals surface area contributed by atoms with E-state index in [2.05, 4.69) is 27.5 Å². The minimum absolute atomic E-state index is 0.204. The van der Waals surface area contributed by atoms with Gasteiger partial charge in [-0.15, -0.1) is 11.3 Å². The van der Waals surface area contributed by atoms with Crippen molar-refractivity contribution in [3.8, 4) is 0 Å². The Morgan fingerprint density at radius 3 is 2.71 bits per heavy atom. The van der Waals surface area contributed by atoms with Crippen LogP contribution in [-0.2, 0) is 20.8 Å². The summed E-state index contributed by atoms with van der Waals surface area (Å²) in [4.78, 5) is 41.1. The molecule has 166 valence electrons. The van der Waals surface area contributed by atoms with Crippen LogP contribution in [0.4, 0.5) is 0 Å². The van der Waals surface area contributed by atoms with E-state index in [1.807, 2.05) is 12.1 Å². The molecule has 1 aromatic heterocycles. The van der Waals surface area contributed by atoms with Crippen molar-refractivity contribution in [3.63, 3.8) is 0 Å². The first kappa shape index (κ1) is 23.2. The second-order valence-electron chi connectivity index (χ2n) is 7.79. The summed E-state index contributed by atoms with van der Waals surface area (Å²) < 4.78 is 0.931. The molecule has 0 unspecified atom stereocenters. The van der Waals surface area contributed by atoms with Crippen LogP contribution in [0.3, 0.4) is 0 Å². The van der Waals surface area contributed by atoms with Gasteiger partial charge in [0.2, 0.25) is 17.7 Å². The highest BCUT2D eigenvalue weighted by Gasteiger charge is 2.30. The van der Waals surface area contributed by atoms with Gasteiger partial charge >= 0.3 is 0 Å². The third kappa shape index (κ3) is 6.51. The van der Waals surface area contributed by atoms with Crippen LogP contribution in [0.25, 0.3) is 10.2 Å². The molecule has 2 aromatic rings. The van der Waals surface area contributed by atoms with Crippen LogP contribution in [0.2, 0.25) is 5.02 Å². The van der Waals surface area contributed by atoms with Crippen LogP contribution in [0.5, 0.6) is 0 Å². The van der Waals surface area contributed by atoms with Gasteiger partial charge in [0, 0.05) is 31.0 Å². The predicted octanol–water partition coefficient (Wildman–Crippen LogP) is 2.97. The Labute approximate surface area is 190 Å². The molecule has 1 heterocycles. The summed E-state index contributed by atoms with van der Waals surface area (Å²) in [5.41, 5.74) is 0.808. The number of thiazole rings is 1. The van der Waals surface area contributed by atoms with E-state index in [4.69, 9.17) is 11.6 Å². The highest BCUT2D eigenvalue weighted by Crippen LogP contribution is 2.28. The summed E-state index contributed by atoms with van der Waals surface area (Å²) >= 11 is 7.51. The highest BCUT2D eigenvalue weighted by molar-refractivity contribution is 7.18. The summed E-state index contributed by atoms with van der Waals surface area (Å²) in [5.74, 6) is -0.556. The molecule has 3 amide bonds. The Bertz CT molecular complexity index is 971. The molecule has 2 atom stereocenters. The SMILES string of the molecule is C=CC(=O)NC[C@@H](NC(=O)[C@H](Cc1nc2ccc(Cl)cc2s1)NC(C)=O)C1CCCC1. The first-order valence-electron chi connectivity index (χ1n) is 10.4. The molecule has 1 aliphatic carbocycles. The Morgan fingerprint density at radius 1 is 1.29 bits per heavy atom. The number of hydrogen-bond donors (Lipinski definition) is 3. The van der Waals surface area contributed by atoms with Crippen molar-refractivity contribution in [1.29, 1.82) is 0 Å².